The second kappa shape index (κ2) is 7.94. The van der Waals surface area contributed by atoms with E-state index in [0.29, 0.717) is 22.4 Å². The maximum atomic E-state index is 13.3. The Morgan fingerprint density at radius 3 is 2.71 bits per heavy atom. The molecule has 28 heavy (non-hydrogen) atoms. The van der Waals surface area contributed by atoms with E-state index < -0.39 is 0 Å². The molecule has 1 aliphatic rings. The summed E-state index contributed by atoms with van der Waals surface area (Å²) in [5, 5.41) is 8.74. The van der Waals surface area contributed by atoms with Crippen LogP contribution < -0.4 is 0 Å². The highest BCUT2D eigenvalue weighted by Gasteiger charge is 2.32. The van der Waals surface area contributed by atoms with Gasteiger partial charge in [-0.2, -0.15) is 0 Å². The first kappa shape index (κ1) is 18.4. The van der Waals surface area contributed by atoms with Crippen LogP contribution in [0.3, 0.4) is 0 Å². The minimum absolute atomic E-state index is 0.163. The van der Waals surface area contributed by atoms with Crippen LogP contribution in [0.2, 0.25) is 5.02 Å². The lowest BCUT2D eigenvalue weighted by Crippen LogP contribution is -2.31. The van der Waals surface area contributed by atoms with E-state index in [1.54, 1.807) is 47.4 Å². The molecule has 3 aromatic rings. The number of benzene rings is 2. The molecular formula is C21H17ClFN3O2. The summed E-state index contributed by atoms with van der Waals surface area (Å²) in [4.78, 5) is 14.3. The average Bonchev–Trinajstić information content (AvgIpc) is 3.43. The maximum absolute atomic E-state index is 13.3. The van der Waals surface area contributed by atoms with E-state index in [2.05, 4.69) is 10.2 Å². The van der Waals surface area contributed by atoms with Crippen LogP contribution in [0.1, 0.15) is 24.3 Å². The van der Waals surface area contributed by atoms with Crippen molar-refractivity contribution in [1.82, 2.24) is 15.1 Å². The Kier molecular flexibility index (Phi) is 5.21. The fraction of sp³-hybridized carbons (Fsp3) is 0.190. The zero-order valence-corrected chi connectivity index (χ0v) is 15.6. The standard InChI is InChI=1S/C21H17ClFN3O2/c22-16-7-5-15(6-8-16)21-25-24-19(28-21)13-26(18-9-10-18)20(27)11-4-14-2-1-3-17(23)12-14/h1-8,11-12,18H,9-10,13H2/b11-4+. The Morgan fingerprint density at radius 2 is 2.00 bits per heavy atom. The molecule has 4 rings (SSSR count). The summed E-state index contributed by atoms with van der Waals surface area (Å²) in [7, 11) is 0. The first-order chi connectivity index (χ1) is 13.6. The van der Waals surface area contributed by atoms with Gasteiger partial charge in [-0.25, -0.2) is 4.39 Å². The minimum atomic E-state index is -0.339. The van der Waals surface area contributed by atoms with Crippen LogP contribution in [-0.2, 0) is 11.3 Å². The van der Waals surface area contributed by atoms with Crippen molar-refractivity contribution in [2.24, 2.45) is 0 Å². The lowest BCUT2D eigenvalue weighted by molar-refractivity contribution is -0.127. The van der Waals surface area contributed by atoms with Gasteiger partial charge < -0.3 is 9.32 Å². The second-order valence-corrected chi connectivity index (χ2v) is 7.03. The highest BCUT2D eigenvalue weighted by atomic mass is 35.5. The van der Waals surface area contributed by atoms with Crippen LogP contribution in [0.25, 0.3) is 17.5 Å². The van der Waals surface area contributed by atoms with E-state index in [1.807, 2.05) is 0 Å². The summed E-state index contributed by atoms with van der Waals surface area (Å²) < 4.78 is 19.0. The Hall–Kier alpha value is -2.99. The smallest absolute Gasteiger partial charge is 0.247 e. The monoisotopic (exact) mass is 397 g/mol. The number of amides is 1. The molecule has 0 atom stereocenters. The first-order valence-electron chi connectivity index (χ1n) is 8.91. The van der Waals surface area contributed by atoms with Crippen LogP contribution in [-0.4, -0.2) is 27.0 Å². The molecule has 142 valence electrons. The topological polar surface area (TPSA) is 59.2 Å². The van der Waals surface area contributed by atoms with Gasteiger partial charge in [0.15, 0.2) is 0 Å². The summed E-state index contributed by atoms with van der Waals surface area (Å²) in [5.74, 6) is 0.238. The molecule has 0 spiro atoms. The van der Waals surface area contributed by atoms with E-state index >= 15 is 0 Å². The Bertz CT molecular complexity index is 1010. The van der Waals surface area contributed by atoms with Crippen molar-refractivity contribution in [3.05, 3.63) is 76.9 Å². The van der Waals surface area contributed by atoms with Gasteiger partial charge in [-0.15, -0.1) is 10.2 Å². The summed E-state index contributed by atoms with van der Waals surface area (Å²) in [6, 6.07) is 13.3. The van der Waals surface area contributed by atoms with Gasteiger partial charge in [0, 0.05) is 22.7 Å². The Balaban J connectivity index is 1.47. The number of rotatable bonds is 6. The zero-order valence-electron chi connectivity index (χ0n) is 14.9. The van der Waals surface area contributed by atoms with E-state index in [1.165, 1.54) is 18.2 Å². The summed E-state index contributed by atoms with van der Waals surface area (Å²) in [6.45, 7) is 0.234. The van der Waals surface area contributed by atoms with Crippen molar-refractivity contribution in [3.8, 4) is 11.5 Å². The number of carbonyl (C=O) groups excluding carboxylic acids is 1. The molecule has 0 N–H and O–H groups in total. The van der Waals surface area contributed by atoms with E-state index in [9.17, 15) is 9.18 Å². The van der Waals surface area contributed by atoms with Gasteiger partial charge in [-0.05, 0) is 60.9 Å². The van der Waals surface area contributed by atoms with Crippen LogP contribution in [0.5, 0.6) is 0 Å². The van der Waals surface area contributed by atoms with Crippen LogP contribution in [0.15, 0.2) is 59.0 Å². The fourth-order valence-electron chi connectivity index (χ4n) is 2.82. The first-order valence-corrected chi connectivity index (χ1v) is 9.29. The maximum Gasteiger partial charge on any atom is 0.247 e. The molecule has 1 amide bonds. The Morgan fingerprint density at radius 1 is 1.21 bits per heavy atom. The fourth-order valence-corrected chi connectivity index (χ4v) is 2.95. The average molecular weight is 398 g/mol. The number of aromatic nitrogens is 2. The quantitative estimate of drug-likeness (QED) is 0.564. The zero-order chi connectivity index (χ0) is 19.5. The highest BCUT2D eigenvalue weighted by Crippen LogP contribution is 2.29. The number of nitrogens with zero attached hydrogens (tertiary/aromatic N) is 3. The highest BCUT2D eigenvalue weighted by molar-refractivity contribution is 6.30. The molecule has 1 saturated carbocycles. The van der Waals surface area contributed by atoms with E-state index in [4.69, 9.17) is 16.0 Å². The predicted molar refractivity (Wildman–Crippen MR) is 104 cm³/mol. The SMILES string of the molecule is O=C(/C=C/c1cccc(F)c1)N(Cc1nnc(-c2ccc(Cl)cc2)o1)C1CC1. The molecule has 1 aliphatic carbocycles. The van der Waals surface area contributed by atoms with E-state index in [-0.39, 0.29) is 24.3 Å². The number of halogens is 2. The molecule has 7 heteroatoms. The normalized spacial score (nSPS) is 13.8. The van der Waals surface area contributed by atoms with Gasteiger partial charge in [0.25, 0.3) is 0 Å². The molecule has 0 unspecified atom stereocenters. The summed E-state index contributed by atoms with van der Waals surface area (Å²) >= 11 is 5.89. The molecule has 1 aromatic heterocycles. The molecule has 1 fully saturated rings. The summed E-state index contributed by atoms with van der Waals surface area (Å²) in [6.07, 6.45) is 4.94. The molecule has 0 saturated heterocycles. The van der Waals surface area contributed by atoms with Crippen LogP contribution in [0, 0.1) is 5.82 Å². The van der Waals surface area contributed by atoms with Gasteiger partial charge in [-0.3, -0.25) is 4.79 Å². The van der Waals surface area contributed by atoms with Crippen molar-refractivity contribution in [3.63, 3.8) is 0 Å². The van der Waals surface area contributed by atoms with Crippen molar-refractivity contribution < 1.29 is 13.6 Å². The number of hydrogen-bond donors (Lipinski definition) is 0. The third-order valence-electron chi connectivity index (χ3n) is 4.40. The molecular weight excluding hydrogens is 381 g/mol. The van der Waals surface area contributed by atoms with E-state index in [0.717, 1.165) is 18.4 Å². The van der Waals surface area contributed by atoms with Crippen molar-refractivity contribution >= 4 is 23.6 Å². The third kappa shape index (κ3) is 4.46. The van der Waals surface area contributed by atoms with Crippen LogP contribution in [0.4, 0.5) is 4.39 Å². The minimum Gasteiger partial charge on any atom is -0.419 e. The Labute approximate surface area is 166 Å². The number of carbonyl (C=O) groups is 1. The largest absolute Gasteiger partial charge is 0.419 e. The lowest BCUT2D eigenvalue weighted by Gasteiger charge is -2.18. The third-order valence-corrected chi connectivity index (χ3v) is 4.65. The van der Waals surface area contributed by atoms with Gasteiger partial charge >= 0.3 is 0 Å². The molecule has 2 aromatic carbocycles. The predicted octanol–water partition coefficient (Wildman–Crippen LogP) is 4.73. The summed E-state index contributed by atoms with van der Waals surface area (Å²) in [5.41, 5.74) is 1.39. The number of hydrogen-bond acceptors (Lipinski definition) is 4. The molecule has 1 heterocycles. The van der Waals surface area contributed by atoms with Crippen molar-refractivity contribution in [2.45, 2.75) is 25.4 Å². The van der Waals surface area contributed by atoms with Gasteiger partial charge in [0.05, 0.1) is 6.54 Å². The second-order valence-electron chi connectivity index (χ2n) is 6.59. The van der Waals surface area contributed by atoms with Crippen LogP contribution >= 0.6 is 11.6 Å². The molecule has 5 nitrogen and oxygen atoms in total. The van der Waals surface area contributed by atoms with Gasteiger partial charge in [-0.1, -0.05) is 23.7 Å². The lowest BCUT2D eigenvalue weighted by atomic mass is 10.2. The van der Waals surface area contributed by atoms with Gasteiger partial charge in [0.1, 0.15) is 5.82 Å². The molecule has 0 aliphatic heterocycles. The molecule has 0 radical (unpaired) electrons. The van der Waals surface area contributed by atoms with Crippen molar-refractivity contribution in [1.29, 1.82) is 0 Å². The van der Waals surface area contributed by atoms with Gasteiger partial charge in [0.2, 0.25) is 17.7 Å². The van der Waals surface area contributed by atoms with Crippen molar-refractivity contribution in [2.75, 3.05) is 0 Å². The molecule has 0 bridgehead atoms.